The fourth-order valence-electron chi connectivity index (χ4n) is 4.24. The van der Waals surface area contributed by atoms with Gasteiger partial charge in [-0.25, -0.2) is 4.98 Å². The second-order valence-electron chi connectivity index (χ2n) is 7.59. The minimum absolute atomic E-state index is 0.0372. The number of benzene rings is 2. The van der Waals surface area contributed by atoms with Crippen LogP contribution in [0.2, 0.25) is 0 Å². The van der Waals surface area contributed by atoms with E-state index in [1.807, 2.05) is 41.0 Å². The lowest BCUT2D eigenvalue weighted by molar-refractivity contribution is -0.132. The first-order valence-corrected chi connectivity index (χ1v) is 9.89. The summed E-state index contributed by atoms with van der Waals surface area (Å²) >= 11 is 0. The van der Waals surface area contributed by atoms with Gasteiger partial charge < -0.3 is 14.5 Å². The van der Waals surface area contributed by atoms with E-state index in [9.17, 15) is 14.4 Å². The Kier molecular flexibility index (Phi) is 4.24. The van der Waals surface area contributed by atoms with Crippen LogP contribution in [0.5, 0.6) is 0 Å². The zero-order valence-corrected chi connectivity index (χ0v) is 16.5. The lowest BCUT2D eigenvalue weighted by Crippen LogP contribution is -2.41. The number of carbonyl (C=O) groups excluding carboxylic acids is 1. The molecule has 30 heavy (non-hydrogen) atoms. The maximum absolute atomic E-state index is 13.2. The molecule has 0 saturated heterocycles. The maximum atomic E-state index is 13.2. The molecule has 150 valence electrons. The minimum Gasteiger partial charge on any atom is -0.336 e. The highest BCUT2D eigenvalue weighted by molar-refractivity contribution is 5.94. The van der Waals surface area contributed by atoms with Crippen molar-refractivity contribution in [1.82, 2.24) is 19.4 Å². The molecule has 1 aliphatic heterocycles. The van der Waals surface area contributed by atoms with Gasteiger partial charge in [-0.15, -0.1) is 0 Å². The van der Waals surface area contributed by atoms with Crippen LogP contribution in [0.25, 0.3) is 21.8 Å². The highest BCUT2D eigenvalue weighted by Crippen LogP contribution is 2.20. The van der Waals surface area contributed by atoms with E-state index in [0.29, 0.717) is 35.1 Å². The van der Waals surface area contributed by atoms with Gasteiger partial charge in [0.15, 0.2) is 5.43 Å². The molecule has 3 heterocycles. The third kappa shape index (κ3) is 2.90. The van der Waals surface area contributed by atoms with Crippen molar-refractivity contribution in [1.29, 1.82) is 0 Å². The largest absolute Gasteiger partial charge is 0.336 e. The lowest BCUT2D eigenvalue weighted by atomic mass is 10.1. The number of nitrogens with one attached hydrogen (secondary N) is 1. The number of nitrogens with zero attached hydrogens (tertiary/aromatic N) is 3. The molecule has 0 aliphatic carbocycles. The quantitative estimate of drug-likeness (QED) is 0.522. The number of carbonyl (C=O) groups is 1. The average molecular weight is 400 g/mol. The molecule has 7 nitrogen and oxygen atoms in total. The van der Waals surface area contributed by atoms with Crippen LogP contribution >= 0.6 is 0 Å². The minimum atomic E-state index is -0.186. The molecule has 2 aromatic heterocycles. The summed E-state index contributed by atoms with van der Waals surface area (Å²) in [6.07, 6.45) is 0.553. The molecule has 0 saturated carbocycles. The van der Waals surface area contributed by atoms with E-state index in [4.69, 9.17) is 0 Å². The predicted molar refractivity (Wildman–Crippen MR) is 114 cm³/mol. The first kappa shape index (κ1) is 18.3. The average Bonchev–Trinajstić information content (AvgIpc) is 2.76. The summed E-state index contributed by atoms with van der Waals surface area (Å²) in [6, 6.07) is 14.7. The van der Waals surface area contributed by atoms with Gasteiger partial charge >= 0.3 is 0 Å². The Balaban J connectivity index is 1.56. The number of aromatic amines is 1. The number of hydrogen-bond acceptors (Lipinski definition) is 4. The number of H-pyrrole nitrogens is 1. The number of hydrogen-bond donors (Lipinski definition) is 1. The molecule has 0 atom stereocenters. The van der Waals surface area contributed by atoms with Crippen LogP contribution in [0.3, 0.4) is 0 Å². The third-order valence-electron chi connectivity index (χ3n) is 5.71. The van der Waals surface area contributed by atoms with Crippen molar-refractivity contribution in [3.05, 3.63) is 86.2 Å². The van der Waals surface area contributed by atoms with Crippen LogP contribution in [-0.2, 0) is 24.3 Å². The van der Waals surface area contributed by atoms with Crippen LogP contribution in [0, 0.1) is 6.92 Å². The number of pyridine rings is 1. The molecular formula is C23H20N4O3. The number of fused-ring (bicyclic) bond motifs is 3. The van der Waals surface area contributed by atoms with Crippen LogP contribution in [-0.4, -0.2) is 31.9 Å². The molecule has 5 rings (SSSR count). The Hall–Kier alpha value is -3.74. The van der Waals surface area contributed by atoms with Crippen molar-refractivity contribution < 1.29 is 4.79 Å². The van der Waals surface area contributed by atoms with E-state index >= 15 is 0 Å². The van der Waals surface area contributed by atoms with Crippen LogP contribution in [0.1, 0.15) is 17.1 Å². The van der Waals surface area contributed by atoms with Crippen molar-refractivity contribution >= 4 is 27.7 Å². The summed E-state index contributed by atoms with van der Waals surface area (Å²) in [6.45, 7) is 2.60. The van der Waals surface area contributed by atoms with E-state index in [0.717, 1.165) is 16.7 Å². The number of aromatic nitrogens is 3. The zero-order chi connectivity index (χ0) is 20.8. The van der Waals surface area contributed by atoms with E-state index < -0.39 is 0 Å². The Labute approximate surface area is 171 Å². The summed E-state index contributed by atoms with van der Waals surface area (Å²) in [5.41, 5.74) is 2.54. The van der Waals surface area contributed by atoms with Gasteiger partial charge in [0.1, 0.15) is 12.4 Å². The Morgan fingerprint density at radius 1 is 1.03 bits per heavy atom. The van der Waals surface area contributed by atoms with Crippen molar-refractivity contribution in [3.8, 4) is 0 Å². The number of rotatable bonds is 2. The second-order valence-corrected chi connectivity index (χ2v) is 7.59. The van der Waals surface area contributed by atoms with Crippen molar-refractivity contribution in [2.24, 2.45) is 0 Å². The smallest absolute Gasteiger partial charge is 0.256 e. The highest BCUT2D eigenvalue weighted by atomic mass is 16.2. The molecule has 0 unspecified atom stereocenters. The fraction of sp³-hybridized carbons (Fsp3) is 0.217. The molecular weight excluding hydrogens is 380 g/mol. The second kappa shape index (κ2) is 6.95. The standard InChI is InChI=1S/C23H20N4O3/c1-14-24-18-10-11-26(12-17(18)23(30)25-14)21(28)13-27-19-8-4-2-6-15(19)22(29)16-7-3-5-9-20(16)27/h2-9H,10-13H2,1H3,(H,24,25,30). The molecule has 1 aliphatic rings. The van der Waals surface area contributed by atoms with E-state index in [-0.39, 0.29) is 30.0 Å². The Morgan fingerprint density at radius 3 is 2.33 bits per heavy atom. The topological polar surface area (TPSA) is 88.1 Å². The number of para-hydroxylation sites is 2. The SMILES string of the molecule is Cc1nc2c(c(=O)[nH]1)CN(C(=O)Cn1c3ccccc3c(=O)c3ccccc31)CC2. The van der Waals surface area contributed by atoms with Gasteiger partial charge in [-0.05, 0) is 31.2 Å². The lowest BCUT2D eigenvalue weighted by Gasteiger charge is -2.28. The number of amides is 1. The van der Waals surface area contributed by atoms with Gasteiger partial charge in [-0.3, -0.25) is 14.4 Å². The highest BCUT2D eigenvalue weighted by Gasteiger charge is 2.25. The predicted octanol–water partition coefficient (Wildman–Crippen LogP) is 2.13. The van der Waals surface area contributed by atoms with Gasteiger partial charge in [0, 0.05) is 23.7 Å². The summed E-state index contributed by atoms with van der Waals surface area (Å²) in [7, 11) is 0. The first-order chi connectivity index (χ1) is 14.5. The van der Waals surface area contributed by atoms with Gasteiger partial charge in [0.05, 0.1) is 28.8 Å². The van der Waals surface area contributed by atoms with Crippen molar-refractivity contribution in [3.63, 3.8) is 0 Å². The van der Waals surface area contributed by atoms with Crippen LogP contribution in [0.4, 0.5) is 0 Å². The first-order valence-electron chi connectivity index (χ1n) is 9.89. The van der Waals surface area contributed by atoms with Crippen LogP contribution in [0.15, 0.2) is 58.1 Å². The van der Waals surface area contributed by atoms with E-state index in [1.165, 1.54) is 0 Å². The van der Waals surface area contributed by atoms with E-state index in [2.05, 4.69) is 9.97 Å². The van der Waals surface area contributed by atoms with Gasteiger partial charge in [0.25, 0.3) is 5.56 Å². The fourth-order valence-corrected chi connectivity index (χ4v) is 4.24. The van der Waals surface area contributed by atoms with E-state index in [1.54, 1.807) is 24.0 Å². The Bertz CT molecular complexity index is 1370. The molecule has 0 bridgehead atoms. The van der Waals surface area contributed by atoms with Crippen LogP contribution < -0.4 is 11.0 Å². The molecule has 1 amide bonds. The molecule has 0 spiro atoms. The molecule has 7 heteroatoms. The summed E-state index contributed by atoms with van der Waals surface area (Å²) in [4.78, 5) is 47.2. The summed E-state index contributed by atoms with van der Waals surface area (Å²) in [5.74, 6) is 0.490. The number of aryl methyl sites for hydroxylation is 1. The third-order valence-corrected chi connectivity index (χ3v) is 5.71. The zero-order valence-electron chi connectivity index (χ0n) is 16.5. The monoisotopic (exact) mass is 400 g/mol. The molecule has 1 N–H and O–H groups in total. The maximum Gasteiger partial charge on any atom is 0.256 e. The summed E-state index contributed by atoms with van der Waals surface area (Å²) < 4.78 is 1.89. The molecule has 2 aromatic carbocycles. The van der Waals surface area contributed by atoms with Gasteiger partial charge in [0.2, 0.25) is 5.91 Å². The Morgan fingerprint density at radius 2 is 1.67 bits per heavy atom. The van der Waals surface area contributed by atoms with Gasteiger partial charge in [-0.1, -0.05) is 24.3 Å². The molecule has 4 aromatic rings. The normalized spacial score (nSPS) is 13.6. The molecule has 0 fully saturated rings. The van der Waals surface area contributed by atoms with Crippen molar-refractivity contribution in [2.45, 2.75) is 26.4 Å². The van der Waals surface area contributed by atoms with Gasteiger partial charge in [-0.2, -0.15) is 0 Å². The van der Waals surface area contributed by atoms with Crippen molar-refractivity contribution in [2.75, 3.05) is 6.54 Å². The molecule has 0 radical (unpaired) electrons. The summed E-state index contributed by atoms with van der Waals surface area (Å²) in [5, 5.41) is 1.17.